The first-order chi connectivity index (χ1) is 30.2. The van der Waals surface area contributed by atoms with Crippen LogP contribution in [-0.2, 0) is 23.8 Å². The van der Waals surface area contributed by atoms with Gasteiger partial charge in [0, 0.05) is 80.3 Å². The van der Waals surface area contributed by atoms with E-state index in [1.807, 2.05) is 0 Å². The number of β-amino-alcohol motifs (C(OH)–C–C–N with tert-alkyl or cyclic N) is 1. The number of benzene rings is 2. The van der Waals surface area contributed by atoms with Crippen LogP contribution in [0.3, 0.4) is 0 Å². The Morgan fingerprint density at radius 1 is 0.938 bits per heavy atom. The number of allylic oxidation sites excluding steroid dienone is 2. The predicted octanol–water partition coefficient (Wildman–Crippen LogP) is 4.97. The molecular weight excluding hydrogens is 829 g/mol. The number of ether oxygens (including phenoxy) is 4. The van der Waals surface area contributed by atoms with Crippen LogP contribution >= 0.6 is 0 Å². The van der Waals surface area contributed by atoms with Crippen molar-refractivity contribution in [3.63, 3.8) is 0 Å². The summed E-state index contributed by atoms with van der Waals surface area (Å²) in [6.07, 6.45) is 7.99. The molecule has 1 unspecified atom stereocenters. The molecule has 1 aliphatic carbocycles. The van der Waals surface area contributed by atoms with Crippen LogP contribution in [0.25, 0.3) is 10.8 Å². The first kappa shape index (κ1) is 48.3. The molecule has 17 nitrogen and oxygen atoms in total. The number of hydrazone groups is 1. The van der Waals surface area contributed by atoms with Gasteiger partial charge in [-0.1, -0.05) is 58.8 Å². The maximum absolute atomic E-state index is 14.5. The van der Waals surface area contributed by atoms with Crippen LogP contribution in [0.1, 0.15) is 95.6 Å². The highest BCUT2D eigenvalue weighted by molar-refractivity contribution is 6.23. The Bertz CT molecular complexity index is 2230. The minimum atomic E-state index is -2.08. The molecule has 1 amide bonds. The van der Waals surface area contributed by atoms with Crippen molar-refractivity contribution in [1.82, 2.24) is 9.91 Å². The lowest BCUT2D eigenvalue weighted by atomic mass is 9.78. The molecule has 4 heterocycles. The van der Waals surface area contributed by atoms with Crippen molar-refractivity contribution in [2.45, 2.75) is 124 Å². The molecule has 0 aromatic heterocycles. The van der Waals surface area contributed by atoms with Gasteiger partial charge in [0.15, 0.2) is 12.0 Å². The molecule has 0 spiro atoms. The Morgan fingerprint density at radius 2 is 1.62 bits per heavy atom. The lowest BCUT2D eigenvalue weighted by Gasteiger charge is -2.40. The molecule has 4 aliphatic heterocycles. The average Bonchev–Trinajstić information content (AvgIpc) is 3.89. The maximum Gasteiger partial charge on any atom is 0.312 e. The average molecular weight is 893 g/mol. The number of aliphatic hydroxyl groups is 3. The summed E-state index contributed by atoms with van der Waals surface area (Å²) in [6.45, 7) is 13.8. The number of nitrogens with zero attached hydrogens (tertiary/aromatic N) is 3. The maximum atomic E-state index is 14.5. The second-order valence-corrected chi connectivity index (χ2v) is 17.9. The van der Waals surface area contributed by atoms with Gasteiger partial charge in [0.05, 0.1) is 59.5 Å². The predicted molar refractivity (Wildman–Crippen MR) is 238 cm³/mol. The topological polar surface area (TPSA) is 240 Å². The summed E-state index contributed by atoms with van der Waals surface area (Å²) in [7, 11) is 1.43. The zero-order chi connectivity index (χ0) is 46.9. The molecular formula is C47H64N4O13. The summed E-state index contributed by atoms with van der Waals surface area (Å²) in [4.78, 5) is 43.0. The first-order valence-corrected chi connectivity index (χ1v) is 22.0. The number of methoxy groups -OCH3 is 1. The molecule has 10 atom stereocenters. The van der Waals surface area contributed by atoms with E-state index in [1.54, 1.807) is 39.8 Å². The summed E-state index contributed by atoms with van der Waals surface area (Å²) in [5, 5.41) is 78.0. The number of phenols is 3. The Kier molecular flexibility index (Phi) is 14.7. The number of carbonyl (C=O) groups excluding carboxylic acids is 3. The highest BCUT2D eigenvalue weighted by Gasteiger charge is 2.50. The van der Waals surface area contributed by atoms with Gasteiger partial charge in [0.1, 0.15) is 23.4 Å². The van der Waals surface area contributed by atoms with Crippen LogP contribution in [0.15, 0.2) is 41.2 Å². The lowest BCUT2D eigenvalue weighted by molar-refractivity contribution is -0.160. The van der Waals surface area contributed by atoms with E-state index >= 15 is 0 Å². The van der Waals surface area contributed by atoms with Gasteiger partial charge < -0.3 is 54.9 Å². The third-order valence-corrected chi connectivity index (χ3v) is 13.6. The number of ketones is 1. The van der Waals surface area contributed by atoms with Crippen LogP contribution in [0.4, 0.5) is 5.69 Å². The van der Waals surface area contributed by atoms with Crippen molar-refractivity contribution in [1.29, 1.82) is 0 Å². The number of aromatic hydroxyl groups is 3. The zero-order valence-corrected chi connectivity index (χ0v) is 38.1. The number of nitrogens with one attached hydrogen (secondary N) is 1. The van der Waals surface area contributed by atoms with Crippen molar-refractivity contribution in [3.8, 4) is 23.0 Å². The normalized spacial score (nSPS) is 33.2. The summed E-state index contributed by atoms with van der Waals surface area (Å²) in [5.74, 6) is -8.72. The van der Waals surface area contributed by atoms with Crippen LogP contribution in [-0.4, -0.2) is 134 Å². The summed E-state index contributed by atoms with van der Waals surface area (Å²) in [6, 6.07) is 0.377. The molecule has 5 aliphatic rings. The summed E-state index contributed by atoms with van der Waals surface area (Å²) in [5.41, 5.74) is -0.616. The second-order valence-electron chi connectivity index (χ2n) is 17.9. The Labute approximate surface area is 373 Å². The van der Waals surface area contributed by atoms with Gasteiger partial charge in [-0.05, 0) is 32.8 Å². The van der Waals surface area contributed by atoms with E-state index in [0.29, 0.717) is 25.7 Å². The molecule has 1 saturated carbocycles. The minimum Gasteiger partial charge on any atom is -0.507 e. The Balaban J connectivity index is 1.49. The van der Waals surface area contributed by atoms with Crippen molar-refractivity contribution in [2.75, 3.05) is 32.1 Å². The quantitative estimate of drug-likeness (QED) is 0.0908. The highest BCUT2D eigenvalue weighted by atomic mass is 16.7. The molecule has 2 aromatic rings. The number of carbonyl (C=O) groups is 3. The number of Topliss-reactive ketones (excluding diaryl/α,β-unsaturated/α-hetero) is 1. The van der Waals surface area contributed by atoms with Crippen molar-refractivity contribution < 1.29 is 64.0 Å². The zero-order valence-electron chi connectivity index (χ0n) is 38.1. The fourth-order valence-corrected chi connectivity index (χ4v) is 9.52. The number of rotatable bonds is 5. The molecule has 0 radical (unpaired) electrons. The van der Waals surface area contributed by atoms with Gasteiger partial charge >= 0.3 is 11.8 Å². The molecule has 2 aromatic carbocycles. The molecule has 350 valence electrons. The van der Waals surface area contributed by atoms with Crippen LogP contribution in [0, 0.1) is 30.6 Å². The number of piperazine rings is 1. The van der Waals surface area contributed by atoms with E-state index in [2.05, 4.69) is 15.3 Å². The SMILES string of the molecule is CO[C@H]1/C=C/O[C@@]2(C)Oc3c(C)c(O)c4c(O)c(c(/C=N/N5CCN(C6CCCC6)CC5O)c(O)c4c3C2=O)NC(=O)/C(C)=C\C=C\[C@H](C)[C@H](O)[C@@H](C)[C@@H](O)[C@@H](C)[C@H](OC(C)=O)[C@@H]1C. The Morgan fingerprint density at radius 3 is 2.27 bits per heavy atom. The Hall–Kier alpha value is -5.20. The van der Waals surface area contributed by atoms with Crippen molar-refractivity contribution in [2.24, 2.45) is 28.8 Å². The number of phenolic OH excluding ortho intramolecular Hbond substituents is 3. The van der Waals surface area contributed by atoms with Gasteiger partial charge in [-0.15, -0.1) is 0 Å². The second kappa shape index (κ2) is 19.5. The van der Waals surface area contributed by atoms with E-state index in [-0.39, 0.29) is 44.5 Å². The van der Waals surface area contributed by atoms with Crippen molar-refractivity contribution in [3.05, 3.63) is 52.8 Å². The third kappa shape index (κ3) is 9.31. The molecule has 1 saturated heterocycles. The molecule has 7 N–H and O–H groups in total. The largest absolute Gasteiger partial charge is 0.507 e. The number of amides is 1. The monoisotopic (exact) mass is 892 g/mol. The van der Waals surface area contributed by atoms with Gasteiger partial charge in [-0.2, -0.15) is 5.10 Å². The highest BCUT2D eigenvalue weighted by Crippen LogP contribution is 2.55. The van der Waals surface area contributed by atoms with Crippen LogP contribution in [0.5, 0.6) is 23.0 Å². The van der Waals surface area contributed by atoms with E-state index < -0.39 is 95.0 Å². The number of hydrogen-bond acceptors (Lipinski definition) is 16. The van der Waals surface area contributed by atoms with Gasteiger partial charge in [-0.3, -0.25) is 24.3 Å². The summed E-state index contributed by atoms with van der Waals surface area (Å²) >= 11 is 0. The fourth-order valence-electron chi connectivity index (χ4n) is 9.52. The molecule has 7 rings (SSSR count). The lowest BCUT2D eigenvalue weighted by Crippen LogP contribution is -2.53. The number of anilines is 1. The van der Waals surface area contributed by atoms with E-state index in [0.717, 1.165) is 25.7 Å². The van der Waals surface area contributed by atoms with Crippen molar-refractivity contribution >= 4 is 40.3 Å². The summed E-state index contributed by atoms with van der Waals surface area (Å²) < 4.78 is 23.7. The van der Waals surface area contributed by atoms with E-state index in [1.165, 1.54) is 64.4 Å². The number of hydrogen-bond donors (Lipinski definition) is 7. The number of fused-ring (bicyclic) bond motifs is 14. The van der Waals surface area contributed by atoms with Gasteiger partial charge in [0.25, 0.3) is 11.7 Å². The molecule has 64 heavy (non-hydrogen) atoms. The standard InChI is InChI=1S/C47H64N4O13/c1-23-13-12-14-24(2)46(60)49-37-31(21-48-51-19-18-50(22-33(51)53)30-15-10-11-16-30)41(57)34-35(42(37)58)40(56)28(6)44-36(34)45(59)47(8,64-44)62-20-17-32(61-9)25(3)43(63-29(7)52)27(5)39(55)26(4)38(23)54/h12-14,17,20-21,23,25-27,30,32-33,38-39,43,53-58H,10-11,15-16,18-19,22H2,1-9H3,(H,49,60)/b13-12+,20-17+,24-14-,48-21+/t23-,25+,26+,27+,32-,33?,38-,39+,43+,47-/m0/s1. The molecule has 17 heteroatoms. The number of aliphatic hydroxyl groups excluding tert-OH is 3. The van der Waals surface area contributed by atoms with Gasteiger partial charge in [-0.25, -0.2) is 0 Å². The third-order valence-electron chi connectivity index (χ3n) is 13.6. The minimum absolute atomic E-state index is 0.0289. The number of esters is 1. The first-order valence-electron chi connectivity index (χ1n) is 22.0. The smallest absolute Gasteiger partial charge is 0.312 e. The van der Waals surface area contributed by atoms with E-state index in [9.17, 15) is 45.0 Å². The van der Waals surface area contributed by atoms with E-state index in [4.69, 9.17) is 18.9 Å². The van der Waals surface area contributed by atoms with Crippen LogP contribution in [0.2, 0.25) is 0 Å². The fraction of sp³-hybridized carbons (Fsp3) is 0.574. The molecule has 2 fully saturated rings. The molecule has 5 bridgehead atoms. The van der Waals surface area contributed by atoms with Crippen LogP contribution < -0.4 is 10.1 Å². The van der Waals surface area contributed by atoms with Gasteiger partial charge in [0.2, 0.25) is 0 Å².